The zero-order valence-electron chi connectivity index (χ0n) is 10.8. The molecular weight excluding hydrogens is 334 g/mol. The fourth-order valence-corrected chi connectivity index (χ4v) is 2.66. The van der Waals surface area contributed by atoms with Crippen LogP contribution in [-0.2, 0) is 0 Å². The smallest absolute Gasteiger partial charge is 0.163 e. The SMILES string of the molecule is Cc1c(Cl)ccc2c(Cl)nc(-c3cccc(F)c3Cl)nc12. The van der Waals surface area contributed by atoms with E-state index in [1.165, 1.54) is 6.07 Å². The lowest BCUT2D eigenvalue weighted by Crippen LogP contribution is -1.95. The number of rotatable bonds is 1. The van der Waals surface area contributed by atoms with E-state index >= 15 is 0 Å². The molecule has 106 valence electrons. The number of fused-ring (bicyclic) bond motifs is 1. The van der Waals surface area contributed by atoms with E-state index in [-0.39, 0.29) is 16.0 Å². The Kier molecular flexibility index (Phi) is 3.74. The van der Waals surface area contributed by atoms with Gasteiger partial charge in [0.1, 0.15) is 11.0 Å². The molecule has 0 aliphatic heterocycles. The minimum atomic E-state index is -0.531. The Hall–Kier alpha value is -1.42. The molecule has 3 aromatic rings. The number of hydrogen-bond acceptors (Lipinski definition) is 2. The van der Waals surface area contributed by atoms with Gasteiger partial charge in [-0.05, 0) is 36.8 Å². The number of aromatic nitrogens is 2. The Labute approximate surface area is 135 Å². The normalized spacial score (nSPS) is 11.1. The highest BCUT2D eigenvalue weighted by atomic mass is 35.5. The van der Waals surface area contributed by atoms with Crippen molar-refractivity contribution in [3.63, 3.8) is 0 Å². The largest absolute Gasteiger partial charge is 0.227 e. The van der Waals surface area contributed by atoms with Gasteiger partial charge in [0.05, 0.1) is 10.5 Å². The van der Waals surface area contributed by atoms with Crippen LogP contribution in [0.15, 0.2) is 30.3 Å². The van der Waals surface area contributed by atoms with E-state index in [9.17, 15) is 4.39 Å². The molecule has 0 bridgehead atoms. The molecule has 0 atom stereocenters. The first-order valence-electron chi connectivity index (χ1n) is 6.06. The van der Waals surface area contributed by atoms with Gasteiger partial charge in [0, 0.05) is 16.0 Å². The van der Waals surface area contributed by atoms with Gasteiger partial charge in [0.25, 0.3) is 0 Å². The van der Waals surface area contributed by atoms with Crippen LogP contribution >= 0.6 is 34.8 Å². The highest BCUT2D eigenvalue weighted by Gasteiger charge is 2.15. The number of hydrogen-bond donors (Lipinski definition) is 0. The Morgan fingerprint density at radius 2 is 1.76 bits per heavy atom. The van der Waals surface area contributed by atoms with E-state index in [4.69, 9.17) is 34.8 Å². The minimum Gasteiger partial charge on any atom is -0.227 e. The third-order valence-electron chi connectivity index (χ3n) is 3.20. The van der Waals surface area contributed by atoms with E-state index in [1.807, 2.05) is 6.92 Å². The molecule has 0 unspecified atom stereocenters. The summed E-state index contributed by atoms with van der Waals surface area (Å²) in [6.07, 6.45) is 0. The molecule has 0 saturated carbocycles. The number of aryl methyl sites for hydroxylation is 1. The molecule has 0 radical (unpaired) electrons. The summed E-state index contributed by atoms with van der Waals surface area (Å²) in [6.45, 7) is 1.84. The highest BCUT2D eigenvalue weighted by Crippen LogP contribution is 2.33. The third-order valence-corrected chi connectivity index (χ3v) is 4.28. The number of benzene rings is 2. The highest BCUT2D eigenvalue weighted by molar-refractivity contribution is 6.36. The molecule has 1 aromatic heterocycles. The summed E-state index contributed by atoms with van der Waals surface area (Å²) < 4.78 is 13.6. The summed E-state index contributed by atoms with van der Waals surface area (Å²) in [5.74, 6) is -0.265. The topological polar surface area (TPSA) is 25.8 Å². The molecule has 0 aliphatic rings. The molecule has 6 heteroatoms. The fourth-order valence-electron chi connectivity index (χ4n) is 2.07. The molecule has 1 heterocycles. The molecule has 0 saturated heterocycles. The van der Waals surface area contributed by atoms with Gasteiger partial charge in [-0.3, -0.25) is 0 Å². The fraction of sp³-hybridized carbons (Fsp3) is 0.0667. The first-order valence-corrected chi connectivity index (χ1v) is 7.19. The van der Waals surface area contributed by atoms with Crippen molar-refractivity contribution >= 4 is 45.7 Å². The monoisotopic (exact) mass is 340 g/mol. The molecule has 2 nitrogen and oxygen atoms in total. The van der Waals surface area contributed by atoms with E-state index in [1.54, 1.807) is 24.3 Å². The van der Waals surface area contributed by atoms with Crippen LogP contribution in [0.2, 0.25) is 15.2 Å². The van der Waals surface area contributed by atoms with E-state index in [0.717, 1.165) is 5.56 Å². The lowest BCUT2D eigenvalue weighted by molar-refractivity contribution is 0.628. The standard InChI is InChI=1S/C15H8Cl3FN2/c1-7-10(16)6-5-9-13(7)20-15(21-14(9)18)8-3-2-4-11(19)12(8)17/h2-6H,1H3. The van der Waals surface area contributed by atoms with Crippen molar-refractivity contribution < 1.29 is 4.39 Å². The third kappa shape index (κ3) is 2.46. The van der Waals surface area contributed by atoms with Crippen molar-refractivity contribution in [2.24, 2.45) is 0 Å². The Morgan fingerprint density at radius 1 is 1.00 bits per heavy atom. The van der Waals surface area contributed by atoms with Crippen LogP contribution in [0.3, 0.4) is 0 Å². The maximum Gasteiger partial charge on any atom is 0.163 e. The predicted molar refractivity (Wildman–Crippen MR) is 84.7 cm³/mol. The van der Waals surface area contributed by atoms with Crippen LogP contribution in [0.5, 0.6) is 0 Å². The lowest BCUT2D eigenvalue weighted by Gasteiger charge is -2.09. The average molecular weight is 342 g/mol. The molecule has 0 N–H and O–H groups in total. The quantitative estimate of drug-likeness (QED) is 0.530. The maximum absolute atomic E-state index is 13.6. The molecule has 0 spiro atoms. The van der Waals surface area contributed by atoms with Crippen molar-refractivity contribution in [3.8, 4) is 11.4 Å². The summed E-state index contributed by atoms with van der Waals surface area (Å²) in [7, 11) is 0. The van der Waals surface area contributed by atoms with Crippen molar-refractivity contribution in [3.05, 3.63) is 56.9 Å². The Bertz CT molecular complexity index is 865. The van der Waals surface area contributed by atoms with E-state index in [0.29, 0.717) is 21.5 Å². The Balaban J connectivity index is 2.35. The van der Waals surface area contributed by atoms with Gasteiger partial charge < -0.3 is 0 Å². The second kappa shape index (κ2) is 5.41. The first-order chi connectivity index (χ1) is 9.99. The van der Waals surface area contributed by atoms with Crippen molar-refractivity contribution in [2.75, 3.05) is 0 Å². The van der Waals surface area contributed by atoms with Crippen LogP contribution in [0.4, 0.5) is 4.39 Å². The van der Waals surface area contributed by atoms with Crippen LogP contribution in [0.1, 0.15) is 5.56 Å². The second-order valence-corrected chi connectivity index (χ2v) is 5.65. The summed E-state index contributed by atoms with van der Waals surface area (Å²) in [5, 5.41) is 1.51. The molecule has 0 amide bonds. The molecule has 2 aromatic carbocycles. The van der Waals surface area contributed by atoms with Crippen molar-refractivity contribution in [1.82, 2.24) is 9.97 Å². The van der Waals surface area contributed by atoms with Gasteiger partial charge >= 0.3 is 0 Å². The molecule has 0 fully saturated rings. The minimum absolute atomic E-state index is 0.0346. The predicted octanol–water partition coefficient (Wildman–Crippen LogP) is 5.70. The summed E-state index contributed by atoms with van der Waals surface area (Å²) >= 11 is 18.3. The van der Waals surface area contributed by atoms with Gasteiger partial charge in [-0.2, -0.15) is 0 Å². The molecule has 0 aliphatic carbocycles. The molecular formula is C15H8Cl3FN2. The van der Waals surface area contributed by atoms with E-state index in [2.05, 4.69) is 9.97 Å². The number of nitrogens with zero attached hydrogens (tertiary/aromatic N) is 2. The van der Waals surface area contributed by atoms with Crippen LogP contribution < -0.4 is 0 Å². The zero-order chi connectivity index (χ0) is 15.1. The van der Waals surface area contributed by atoms with Gasteiger partial charge in [0.15, 0.2) is 5.82 Å². The molecule has 3 rings (SSSR count). The number of halogens is 4. The van der Waals surface area contributed by atoms with E-state index < -0.39 is 5.82 Å². The maximum atomic E-state index is 13.6. The van der Waals surface area contributed by atoms with Gasteiger partial charge in [-0.1, -0.05) is 40.9 Å². The van der Waals surface area contributed by atoms with Crippen LogP contribution in [0, 0.1) is 12.7 Å². The second-order valence-electron chi connectivity index (χ2n) is 4.51. The summed E-state index contributed by atoms with van der Waals surface area (Å²) in [6, 6.07) is 7.95. The van der Waals surface area contributed by atoms with Crippen molar-refractivity contribution in [1.29, 1.82) is 0 Å². The molecule has 21 heavy (non-hydrogen) atoms. The lowest BCUT2D eigenvalue weighted by atomic mass is 10.1. The van der Waals surface area contributed by atoms with Gasteiger partial charge in [-0.15, -0.1) is 0 Å². The average Bonchev–Trinajstić information content (AvgIpc) is 2.46. The summed E-state index contributed by atoms with van der Waals surface area (Å²) in [5.41, 5.74) is 1.80. The zero-order valence-corrected chi connectivity index (χ0v) is 13.1. The summed E-state index contributed by atoms with van der Waals surface area (Å²) in [4.78, 5) is 8.64. The van der Waals surface area contributed by atoms with Gasteiger partial charge in [0.2, 0.25) is 0 Å². The van der Waals surface area contributed by atoms with Crippen LogP contribution in [0.25, 0.3) is 22.3 Å². The van der Waals surface area contributed by atoms with Crippen molar-refractivity contribution in [2.45, 2.75) is 6.92 Å². The van der Waals surface area contributed by atoms with Crippen LogP contribution in [-0.4, -0.2) is 9.97 Å². The Morgan fingerprint density at radius 3 is 2.52 bits per heavy atom. The van der Waals surface area contributed by atoms with Gasteiger partial charge in [-0.25, -0.2) is 14.4 Å². The first kappa shape index (κ1) is 14.5.